The van der Waals surface area contributed by atoms with Crippen molar-refractivity contribution >= 4 is 12.0 Å². The van der Waals surface area contributed by atoms with Crippen LogP contribution in [0.3, 0.4) is 0 Å². The number of likely N-dealkylation sites (tertiary alicyclic amines) is 2. The molecule has 3 fully saturated rings. The molecule has 0 aliphatic carbocycles. The first-order chi connectivity index (χ1) is 12.3. The van der Waals surface area contributed by atoms with Gasteiger partial charge in [-0.05, 0) is 31.2 Å². The molecule has 0 unspecified atom stereocenters. The van der Waals surface area contributed by atoms with Crippen molar-refractivity contribution in [2.24, 2.45) is 5.92 Å². The smallest absolute Gasteiger partial charge is 0.226 e. The van der Waals surface area contributed by atoms with Gasteiger partial charge in [-0.1, -0.05) is 42.5 Å². The highest BCUT2D eigenvalue weighted by Gasteiger charge is 2.45. The monoisotopic (exact) mass is 340 g/mol. The summed E-state index contributed by atoms with van der Waals surface area (Å²) in [6.45, 7) is 4.51. The van der Waals surface area contributed by atoms with Crippen molar-refractivity contribution in [3.8, 4) is 0 Å². The van der Waals surface area contributed by atoms with Gasteiger partial charge in [0.2, 0.25) is 5.91 Å². The van der Waals surface area contributed by atoms with Gasteiger partial charge in [0.1, 0.15) is 0 Å². The minimum Gasteiger partial charge on any atom is -0.381 e. The lowest BCUT2D eigenvalue weighted by Gasteiger charge is -2.30. The van der Waals surface area contributed by atoms with Crippen LogP contribution in [0.4, 0.5) is 0 Å². The van der Waals surface area contributed by atoms with Gasteiger partial charge in [0.05, 0.1) is 0 Å². The van der Waals surface area contributed by atoms with Crippen LogP contribution in [0.5, 0.6) is 0 Å². The molecule has 3 aliphatic rings. The second kappa shape index (κ2) is 7.71. The minimum absolute atomic E-state index is 0.194. The highest BCUT2D eigenvalue weighted by atomic mass is 16.5. The molecule has 4 rings (SSSR count). The van der Waals surface area contributed by atoms with E-state index in [0.717, 1.165) is 58.5 Å². The first-order valence-electron chi connectivity index (χ1n) is 9.67. The van der Waals surface area contributed by atoms with E-state index in [1.807, 2.05) is 6.07 Å². The Morgan fingerprint density at radius 2 is 1.80 bits per heavy atom. The Hall–Kier alpha value is -1.65. The van der Waals surface area contributed by atoms with Crippen LogP contribution in [-0.2, 0) is 9.53 Å². The summed E-state index contributed by atoms with van der Waals surface area (Å²) >= 11 is 0. The molecule has 3 saturated heterocycles. The third kappa shape index (κ3) is 3.65. The SMILES string of the molecule is O=C(C1CCOCC1)N1CC[C@H]2[C@@H]1CCN2CC=Cc1ccccc1. The Labute approximate surface area is 150 Å². The minimum atomic E-state index is 0.194. The van der Waals surface area contributed by atoms with Crippen LogP contribution in [0.25, 0.3) is 6.08 Å². The highest BCUT2D eigenvalue weighted by molar-refractivity contribution is 5.79. The number of carbonyl (C=O) groups excluding carboxylic acids is 1. The van der Waals surface area contributed by atoms with Crippen molar-refractivity contribution in [3.05, 3.63) is 42.0 Å². The molecule has 4 nitrogen and oxygen atoms in total. The molecular formula is C21H28N2O2. The molecule has 0 saturated carbocycles. The van der Waals surface area contributed by atoms with Gasteiger partial charge in [-0.3, -0.25) is 9.69 Å². The van der Waals surface area contributed by atoms with Gasteiger partial charge >= 0.3 is 0 Å². The Morgan fingerprint density at radius 3 is 2.60 bits per heavy atom. The lowest BCUT2D eigenvalue weighted by molar-refractivity contribution is -0.139. The first-order valence-corrected chi connectivity index (χ1v) is 9.67. The van der Waals surface area contributed by atoms with Gasteiger partial charge in [-0.2, -0.15) is 0 Å². The van der Waals surface area contributed by atoms with Crippen molar-refractivity contribution < 1.29 is 9.53 Å². The number of amides is 1. The van der Waals surface area contributed by atoms with Crippen molar-refractivity contribution in [1.82, 2.24) is 9.80 Å². The predicted molar refractivity (Wildman–Crippen MR) is 99.1 cm³/mol. The first kappa shape index (κ1) is 16.8. The number of rotatable bonds is 4. The number of carbonyl (C=O) groups is 1. The molecule has 0 spiro atoms. The van der Waals surface area contributed by atoms with E-state index < -0.39 is 0 Å². The molecule has 0 radical (unpaired) electrons. The summed E-state index contributed by atoms with van der Waals surface area (Å²) in [6.07, 6.45) is 8.51. The zero-order valence-corrected chi connectivity index (χ0v) is 14.8. The summed E-state index contributed by atoms with van der Waals surface area (Å²) < 4.78 is 5.41. The van der Waals surface area contributed by atoms with Crippen molar-refractivity contribution in [3.63, 3.8) is 0 Å². The summed E-state index contributed by atoms with van der Waals surface area (Å²) in [6, 6.07) is 11.4. The molecule has 1 amide bonds. The molecular weight excluding hydrogens is 312 g/mol. The van der Waals surface area contributed by atoms with Gasteiger partial charge in [0.15, 0.2) is 0 Å². The molecule has 2 atom stereocenters. The summed E-state index contributed by atoms with van der Waals surface area (Å²) in [7, 11) is 0. The molecule has 4 heteroatoms. The van der Waals surface area contributed by atoms with Crippen LogP contribution in [0, 0.1) is 5.92 Å². The number of hydrogen-bond donors (Lipinski definition) is 0. The fourth-order valence-electron chi connectivity index (χ4n) is 4.64. The van der Waals surface area contributed by atoms with Crippen LogP contribution >= 0.6 is 0 Å². The van der Waals surface area contributed by atoms with Crippen LogP contribution in [0.1, 0.15) is 31.2 Å². The summed E-state index contributed by atoms with van der Waals surface area (Å²) in [4.78, 5) is 17.6. The fourth-order valence-corrected chi connectivity index (χ4v) is 4.64. The molecule has 0 N–H and O–H groups in total. The summed E-state index contributed by atoms with van der Waals surface area (Å²) in [5.74, 6) is 0.581. The molecule has 0 aromatic heterocycles. The van der Waals surface area contributed by atoms with Gasteiger partial charge in [0.25, 0.3) is 0 Å². The highest BCUT2D eigenvalue weighted by Crippen LogP contribution is 2.33. The van der Waals surface area contributed by atoms with E-state index in [9.17, 15) is 4.79 Å². The van der Waals surface area contributed by atoms with Crippen LogP contribution in [-0.4, -0.2) is 60.6 Å². The van der Waals surface area contributed by atoms with E-state index in [-0.39, 0.29) is 5.92 Å². The summed E-state index contributed by atoms with van der Waals surface area (Å²) in [5.41, 5.74) is 1.25. The van der Waals surface area contributed by atoms with E-state index in [4.69, 9.17) is 4.74 Å². The number of hydrogen-bond acceptors (Lipinski definition) is 3. The predicted octanol–water partition coefficient (Wildman–Crippen LogP) is 2.80. The zero-order chi connectivity index (χ0) is 17.1. The van der Waals surface area contributed by atoms with Crippen molar-refractivity contribution in [2.75, 3.05) is 32.8 Å². The van der Waals surface area contributed by atoms with E-state index in [0.29, 0.717) is 18.0 Å². The van der Waals surface area contributed by atoms with Crippen LogP contribution in [0.15, 0.2) is 36.4 Å². The number of nitrogens with zero attached hydrogens (tertiary/aromatic N) is 2. The average molecular weight is 340 g/mol. The lowest BCUT2D eigenvalue weighted by atomic mass is 9.98. The maximum Gasteiger partial charge on any atom is 0.226 e. The second-order valence-corrected chi connectivity index (χ2v) is 7.44. The Bertz CT molecular complexity index is 610. The molecule has 134 valence electrons. The zero-order valence-electron chi connectivity index (χ0n) is 14.8. The van der Waals surface area contributed by atoms with E-state index in [1.54, 1.807) is 0 Å². The second-order valence-electron chi connectivity index (χ2n) is 7.44. The molecule has 1 aromatic carbocycles. The maximum absolute atomic E-state index is 12.9. The van der Waals surface area contributed by atoms with Crippen LogP contribution in [0.2, 0.25) is 0 Å². The molecule has 3 heterocycles. The third-order valence-corrected chi connectivity index (χ3v) is 5.99. The number of benzene rings is 1. The topological polar surface area (TPSA) is 32.8 Å². The Kier molecular flexibility index (Phi) is 5.18. The molecule has 0 bridgehead atoms. The Morgan fingerprint density at radius 1 is 1.04 bits per heavy atom. The average Bonchev–Trinajstić information content (AvgIpc) is 3.26. The number of ether oxygens (including phenoxy) is 1. The van der Waals surface area contributed by atoms with E-state index in [2.05, 4.69) is 46.2 Å². The molecule has 25 heavy (non-hydrogen) atoms. The number of fused-ring (bicyclic) bond motifs is 1. The summed E-state index contributed by atoms with van der Waals surface area (Å²) in [5, 5.41) is 0. The normalized spacial score (nSPS) is 27.9. The quantitative estimate of drug-likeness (QED) is 0.845. The van der Waals surface area contributed by atoms with Gasteiger partial charge in [0, 0.05) is 50.8 Å². The maximum atomic E-state index is 12.9. The lowest BCUT2D eigenvalue weighted by Crippen LogP contribution is -2.43. The van der Waals surface area contributed by atoms with Crippen molar-refractivity contribution in [2.45, 2.75) is 37.8 Å². The third-order valence-electron chi connectivity index (χ3n) is 5.99. The van der Waals surface area contributed by atoms with Gasteiger partial charge in [-0.25, -0.2) is 0 Å². The standard InChI is InChI=1S/C21H28N2O2/c24-21(18-10-15-25-16-11-18)23-14-9-19-20(23)8-13-22(19)12-4-7-17-5-2-1-3-6-17/h1-7,18-20H,8-16H2/t19-,20-/m0/s1. The molecule has 1 aromatic rings. The Balaban J connectivity index is 1.33. The fraction of sp³-hybridized carbons (Fsp3) is 0.571. The molecule has 3 aliphatic heterocycles. The van der Waals surface area contributed by atoms with Gasteiger partial charge < -0.3 is 9.64 Å². The van der Waals surface area contributed by atoms with E-state index in [1.165, 1.54) is 5.56 Å². The largest absolute Gasteiger partial charge is 0.381 e. The van der Waals surface area contributed by atoms with E-state index >= 15 is 0 Å². The van der Waals surface area contributed by atoms with Crippen LogP contribution < -0.4 is 0 Å². The van der Waals surface area contributed by atoms with Crippen molar-refractivity contribution in [1.29, 1.82) is 0 Å². The van der Waals surface area contributed by atoms with Gasteiger partial charge in [-0.15, -0.1) is 0 Å².